The largest absolute Gasteiger partial charge is 0.482 e. The van der Waals surface area contributed by atoms with E-state index in [-0.39, 0.29) is 29.5 Å². The van der Waals surface area contributed by atoms with Crippen LogP contribution < -0.4 is 10.2 Å². The average Bonchev–Trinajstić information content (AvgIpc) is 2.99. The molecule has 0 aliphatic carbocycles. The number of nitrogens with zero attached hydrogens (tertiary/aromatic N) is 2. The lowest BCUT2D eigenvalue weighted by Gasteiger charge is -2.34. The van der Waals surface area contributed by atoms with E-state index >= 15 is 0 Å². The summed E-state index contributed by atoms with van der Waals surface area (Å²) in [6.45, 7) is 5.64. The molecule has 0 N–H and O–H groups in total. The minimum Gasteiger partial charge on any atom is -0.482 e. The van der Waals surface area contributed by atoms with Crippen molar-refractivity contribution in [1.82, 2.24) is 9.80 Å². The third-order valence-corrected chi connectivity index (χ3v) is 7.27. The fraction of sp³-hybridized carbons (Fsp3) is 0.486. The van der Waals surface area contributed by atoms with Gasteiger partial charge in [-0.25, -0.2) is 4.39 Å². The number of allylic oxidation sites excluding steroid dienone is 6. The van der Waals surface area contributed by atoms with Crippen molar-refractivity contribution in [1.29, 1.82) is 0 Å². The van der Waals surface area contributed by atoms with Gasteiger partial charge in [0.05, 0.1) is 6.54 Å². The molecule has 1 aliphatic heterocycles. The number of amides is 1. The van der Waals surface area contributed by atoms with Gasteiger partial charge in [0.1, 0.15) is 24.4 Å². The Morgan fingerprint density at radius 2 is 1.62 bits per heavy atom. The van der Waals surface area contributed by atoms with Gasteiger partial charge in [0.25, 0.3) is 0 Å². The maximum absolute atomic E-state index is 13.3. The minimum atomic E-state index is -0.348. The summed E-state index contributed by atoms with van der Waals surface area (Å²) < 4.78 is 24.5. The van der Waals surface area contributed by atoms with Crippen LogP contribution in [0, 0.1) is 5.82 Å². The number of ether oxygens (including phenoxy) is 1. The molecule has 6 nitrogen and oxygen atoms in total. The summed E-state index contributed by atoms with van der Waals surface area (Å²) in [5, 5.41) is 0. The number of rotatable bonds is 18. The second kappa shape index (κ2) is 19.6. The molecular weight excluding hydrogens is 531 g/mol. The highest BCUT2D eigenvalue weighted by molar-refractivity contribution is 5.76. The van der Waals surface area contributed by atoms with Gasteiger partial charge in [-0.05, 0) is 62.6 Å². The van der Waals surface area contributed by atoms with Gasteiger partial charge in [0, 0.05) is 38.7 Å². The van der Waals surface area contributed by atoms with E-state index in [9.17, 15) is 14.0 Å². The summed E-state index contributed by atoms with van der Waals surface area (Å²) in [7, 11) is 0. The molecule has 0 atom stereocenters. The molecule has 228 valence electrons. The third-order valence-electron chi connectivity index (χ3n) is 7.27. The van der Waals surface area contributed by atoms with Gasteiger partial charge in [-0.2, -0.15) is 0 Å². The predicted molar refractivity (Wildman–Crippen MR) is 167 cm³/mol. The summed E-state index contributed by atoms with van der Waals surface area (Å²) in [6, 6.07) is 7.50. The molecule has 1 fully saturated rings. The number of hydrogen-bond donors (Lipinski definition) is 0. The molecular formula is C35H47FN2O4. The van der Waals surface area contributed by atoms with Crippen LogP contribution in [0.25, 0.3) is 0 Å². The topological polar surface area (TPSA) is 63.0 Å². The van der Waals surface area contributed by atoms with Crippen LogP contribution in [0.3, 0.4) is 0 Å². The average molecular weight is 579 g/mol. The zero-order valence-corrected chi connectivity index (χ0v) is 25.1. The second-order valence-corrected chi connectivity index (χ2v) is 10.8. The predicted octanol–water partition coefficient (Wildman–Crippen LogP) is 7.59. The highest BCUT2D eigenvalue weighted by Gasteiger charge is 2.21. The molecule has 1 saturated heterocycles. The normalized spacial score (nSPS) is 14.5. The fourth-order valence-corrected chi connectivity index (χ4v) is 4.78. The van der Waals surface area contributed by atoms with Gasteiger partial charge < -0.3 is 14.1 Å². The lowest BCUT2D eigenvalue weighted by atomic mass is 10.1. The van der Waals surface area contributed by atoms with Crippen molar-refractivity contribution in [3.63, 3.8) is 0 Å². The lowest BCUT2D eigenvalue weighted by molar-refractivity contribution is -0.133. The van der Waals surface area contributed by atoms with E-state index in [1.54, 1.807) is 12.1 Å². The van der Waals surface area contributed by atoms with E-state index in [0.717, 1.165) is 45.2 Å². The van der Waals surface area contributed by atoms with Gasteiger partial charge in [-0.1, -0.05) is 68.4 Å². The van der Waals surface area contributed by atoms with Crippen molar-refractivity contribution in [2.75, 3.05) is 26.2 Å². The molecule has 0 bridgehead atoms. The van der Waals surface area contributed by atoms with Crippen molar-refractivity contribution in [2.24, 2.45) is 0 Å². The molecule has 0 unspecified atom stereocenters. The van der Waals surface area contributed by atoms with Gasteiger partial charge in [0.15, 0.2) is 0 Å². The fourth-order valence-electron chi connectivity index (χ4n) is 4.78. The van der Waals surface area contributed by atoms with Crippen LogP contribution in [0.4, 0.5) is 4.39 Å². The molecule has 1 amide bonds. The number of benzene rings is 1. The number of unbranched alkanes of at least 4 members (excludes halogenated alkanes) is 5. The Balaban J connectivity index is 1.24. The van der Waals surface area contributed by atoms with Gasteiger partial charge >= 0.3 is 0 Å². The SMILES string of the molecule is CCCCCC=CCC=CCC=CCCCCC(=O)N1CCN(Cc2cc(=O)c(OCc3cccc(F)c3)co2)CC1. The standard InChI is InChI=1S/C35H47FN2O4/c1-2-3-4-5-6-7-8-9-10-11-12-13-14-15-16-20-35(40)38-23-21-37(22-24-38)27-32-26-33(39)34(29-41-32)42-28-30-18-17-19-31(36)25-30/h6-7,9-10,12-13,17-19,25-26,29H,2-5,8,11,14-16,20-24,27-28H2,1H3. The van der Waals surface area contributed by atoms with Crippen LogP contribution in [0.1, 0.15) is 82.5 Å². The summed E-state index contributed by atoms with van der Waals surface area (Å²) in [4.78, 5) is 29.2. The third kappa shape index (κ3) is 13.0. The van der Waals surface area contributed by atoms with Crippen LogP contribution in [-0.2, 0) is 17.9 Å². The van der Waals surface area contributed by atoms with E-state index in [4.69, 9.17) is 9.15 Å². The van der Waals surface area contributed by atoms with Crippen LogP contribution >= 0.6 is 0 Å². The summed E-state index contributed by atoms with van der Waals surface area (Å²) in [6.07, 6.45) is 25.3. The first-order valence-electron chi connectivity index (χ1n) is 15.5. The molecule has 42 heavy (non-hydrogen) atoms. The molecule has 3 rings (SSSR count). The van der Waals surface area contributed by atoms with E-state index in [1.807, 2.05) is 4.90 Å². The molecule has 1 aromatic heterocycles. The van der Waals surface area contributed by atoms with Gasteiger partial charge in [-0.15, -0.1) is 0 Å². The van der Waals surface area contributed by atoms with E-state index < -0.39 is 0 Å². The van der Waals surface area contributed by atoms with Crippen molar-refractivity contribution < 1.29 is 18.3 Å². The minimum absolute atomic E-state index is 0.0870. The maximum Gasteiger partial charge on any atom is 0.227 e. The van der Waals surface area contributed by atoms with Crippen LogP contribution in [0.15, 0.2) is 82.3 Å². The summed E-state index contributed by atoms with van der Waals surface area (Å²) >= 11 is 0. The van der Waals surface area contributed by atoms with E-state index in [2.05, 4.69) is 48.3 Å². The zero-order valence-electron chi connectivity index (χ0n) is 25.1. The molecule has 0 saturated carbocycles. The quantitative estimate of drug-likeness (QED) is 0.135. The smallest absolute Gasteiger partial charge is 0.227 e. The molecule has 2 aromatic rings. The Hall–Kier alpha value is -3.45. The first-order chi connectivity index (χ1) is 20.5. The number of halogens is 1. The van der Waals surface area contributed by atoms with Crippen molar-refractivity contribution in [2.45, 2.75) is 84.3 Å². The molecule has 1 aromatic carbocycles. The monoisotopic (exact) mass is 578 g/mol. The maximum atomic E-state index is 13.3. The Bertz CT molecular complexity index is 1210. The molecule has 2 heterocycles. The van der Waals surface area contributed by atoms with Crippen molar-refractivity contribution >= 4 is 5.91 Å². The number of carbonyl (C=O) groups excluding carboxylic acids is 1. The Morgan fingerprint density at radius 3 is 2.29 bits per heavy atom. The Kier molecular flexibility index (Phi) is 15.5. The highest BCUT2D eigenvalue weighted by Crippen LogP contribution is 2.14. The summed E-state index contributed by atoms with van der Waals surface area (Å²) in [5.74, 6) is 0.521. The molecule has 0 spiro atoms. The van der Waals surface area contributed by atoms with Crippen molar-refractivity contribution in [3.8, 4) is 5.75 Å². The number of piperazine rings is 1. The van der Waals surface area contributed by atoms with Crippen LogP contribution in [-0.4, -0.2) is 41.9 Å². The number of hydrogen-bond acceptors (Lipinski definition) is 5. The lowest BCUT2D eigenvalue weighted by Crippen LogP contribution is -2.48. The van der Waals surface area contributed by atoms with Gasteiger partial charge in [0.2, 0.25) is 17.1 Å². The number of carbonyl (C=O) groups is 1. The van der Waals surface area contributed by atoms with Gasteiger partial charge in [-0.3, -0.25) is 14.5 Å². The molecule has 0 radical (unpaired) electrons. The highest BCUT2D eigenvalue weighted by atomic mass is 19.1. The summed E-state index contributed by atoms with van der Waals surface area (Å²) in [5.41, 5.74) is 0.367. The van der Waals surface area contributed by atoms with E-state index in [0.29, 0.717) is 37.4 Å². The van der Waals surface area contributed by atoms with Crippen LogP contribution in [0.5, 0.6) is 5.75 Å². The van der Waals surface area contributed by atoms with Crippen LogP contribution in [0.2, 0.25) is 0 Å². The first kappa shape index (κ1) is 33.1. The second-order valence-electron chi connectivity index (χ2n) is 10.8. The molecule has 1 aliphatic rings. The van der Waals surface area contributed by atoms with Crippen molar-refractivity contribution in [3.05, 3.63) is 100 Å². The first-order valence-corrected chi connectivity index (χ1v) is 15.5. The zero-order chi connectivity index (χ0) is 29.8. The molecule has 7 heteroatoms. The Morgan fingerprint density at radius 1 is 0.929 bits per heavy atom. The van der Waals surface area contributed by atoms with E-state index in [1.165, 1.54) is 50.1 Å². The Labute approximate surface area is 250 Å².